The molecule has 1 aromatic carbocycles. The van der Waals surface area contributed by atoms with E-state index in [0.717, 1.165) is 10.4 Å². The summed E-state index contributed by atoms with van der Waals surface area (Å²) in [4.78, 5) is 13.1. The minimum atomic E-state index is -0.356. The van der Waals surface area contributed by atoms with Crippen LogP contribution in [-0.2, 0) is 9.53 Å². The van der Waals surface area contributed by atoms with E-state index >= 15 is 0 Å². The number of rotatable bonds is 4. The van der Waals surface area contributed by atoms with E-state index in [1.165, 1.54) is 0 Å². The zero-order chi connectivity index (χ0) is 14.4. The molecule has 0 atom stereocenters. The fourth-order valence-corrected chi connectivity index (χ4v) is 2.37. The maximum Gasteiger partial charge on any atom is 0.338 e. The first-order valence-corrected chi connectivity index (χ1v) is 7.05. The van der Waals surface area contributed by atoms with Crippen molar-refractivity contribution in [2.24, 2.45) is 0 Å². The third kappa shape index (κ3) is 3.34. The van der Waals surface area contributed by atoms with E-state index in [-0.39, 0.29) is 5.97 Å². The SMILES string of the molecule is CCOC(=O)/C(=C/c1cccs1)c1ccc(C#N)cc1. The van der Waals surface area contributed by atoms with Crippen LogP contribution in [0.2, 0.25) is 0 Å². The number of benzene rings is 1. The Morgan fingerprint density at radius 1 is 1.35 bits per heavy atom. The average Bonchev–Trinajstić information content (AvgIpc) is 2.98. The number of nitriles is 1. The molecule has 0 bridgehead atoms. The van der Waals surface area contributed by atoms with E-state index in [2.05, 4.69) is 6.07 Å². The van der Waals surface area contributed by atoms with Gasteiger partial charge in [-0.25, -0.2) is 4.79 Å². The molecule has 1 aromatic heterocycles. The normalized spacial score (nSPS) is 10.9. The standard InChI is InChI=1S/C16H13NO2S/c1-2-19-16(18)15(10-14-4-3-9-20-14)13-7-5-12(11-17)6-8-13/h3-10H,2H2,1H3/b15-10+. The Kier molecular flexibility index (Phi) is 4.70. The van der Waals surface area contributed by atoms with Gasteiger partial charge in [-0.2, -0.15) is 5.26 Å². The van der Waals surface area contributed by atoms with Crippen molar-refractivity contribution >= 4 is 29.0 Å². The number of ether oxygens (including phenoxy) is 1. The highest BCUT2D eigenvalue weighted by molar-refractivity contribution is 7.11. The highest BCUT2D eigenvalue weighted by atomic mass is 32.1. The highest BCUT2D eigenvalue weighted by Crippen LogP contribution is 2.22. The lowest BCUT2D eigenvalue weighted by atomic mass is 10.0. The molecule has 20 heavy (non-hydrogen) atoms. The summed E-state index contributed by atoms with van der Waals surface area (Å²) >= 11 is 1.55. The lowest BCUT2D eigenvalue weighted by Gasteiger charge is -2.07. The molecule has 0 aliphatic carbocycles. The van der Waals surface area contributed by atoms with Crippen molar-refractivity contribution in [1.29, 1.82) is 5.26 Å². The van der Waals surface area contributed by atoms with Crippen LogP contribution in [0.1, 0.15) is 22.9 Å². The second-order valence-electron chi connectivity index (χ2n) is 3.98. The molecule has 1 heterocycles. The van der Waals surface area contributed by atoms with Crippen LogP contribution in [-0.4, -0.2) is 12.6 Å². The van der Waals surface area contributed by atoms with Gasteiger partial charge in [-0.3, -0.25) is 0 Å². The van der Waals surface area contributed by atoms with Crippen molar-refractivity contribution in [1.82, 2.24) is 0 Å². The van der Waals surface area contributed by atoms with E-state index in [9.17, 15) is 4.79 Å². The van der Waals surface area contributed by atoms with Crippen LogP contribution in [0.15, 0.2) is 41.8 Å². The molecule has 0 N–H and O–H groups in total. The topological polar surface area (TPSA) is 50.1 Å². The maximum atomic E-state index is 12.1. The predicted molar refractivity (Wildman–Crippen MR) is 80.0 cm³/mol. The van der Waals surface area contributed by atoms with Crippen LogP contribution in [0.4, 0.5) is 0 Å². The number of thiophene rings is 1. The molecule has 100 valence electrons. The summed E-state index contributed by atoms with van der Waals surface area (Å²) in [5, 5.41) is 10.8. The van der Waals surface area contributed by atoms with Crippen LogP contribution in [0.5, 0.6) is 0 Å². The quantitative estimate of drug-likeness (QED) is 0.634. The van der Waals surface area contributed by atoms with Gasteiger partial charge in [0, 0.05) is 4.88 Å². The summed E-state index contributed by atoms with van der Waals surface area (Å²) in [5.74, 6) is -0.356. The molecule has 0 saturated carbocycles. The molecule has 0 unspecified atom stereocenters. The van der Waals surface area contributed by atoms with Gasteiger partial charge in [0.1, 0.15) is 0 Å². The fourth-order valence-electron chi connectivity index (χ4n) is 1.71. The number of carbonyl (C=O) groups excluding carboxylic acids is 1. The Morgan fingerprint density at radius 3 is 2.65 bits per heavy atom. The molecule has 0 spiro atoms. The number of hydrogen-bond donors (Lipinski definition) is 0. The number of hydrogen-bond acceptors (Lipinski definition) is 4. The molecule has 2 aromatic rings. The van der Waals surface area contributed by atoms with E-state index in [0.29, 0.717) is 17.7 Å². The third-order valence-electron chi connectivity index (χ3n) is 2.65. The van der Waals surface area contributed by atoms with Crippen molar-refractivity contribution in [3.63, 3.8) is 0 Å². The van der Waals surface area contributed by atoms with E-state index < -0.39 is 0 Å². The zero-order valence-corrected chi connectivity index (χ0v) is 11.8. The molecule has 0 saturated heterocycles. The number of nitrogens with zero attached hydrogens (tertiary/aromatic N) is 1. The van der Waals surface area contributed by atoms with Crippen LogP contribution >= 0.6 is 11.3 Å². The first kappa shape index (κ1) is 14.0. The lowest BCUT2D eigenvalue weighted by molar-refractivity contribution is -0.136. The van der Waals surface area contributed by atoms with Crippen LogP contribution < -0.4 is 0 Å². The minimum Gasteiger partial charge on any atom is -0.462 e. The van der Waals surface area contributed by atoms with Crippen molar-refractivity contribution in [3.05, 3.63) is 57.8 Å². The van der Waals surface area contributed by atoms with Crippen molar-refractivity contribution < 1.29 is 9.53 Å². The summed E-state index contributed by atoms with van der Waals surface area (Å²) in [6.45, 7) is 2.11. The summed E-state index contributed by atoms with van der Waals surface area (Å²) in [7, 11) is 0. The van der Waals surface area contributed by atoms with Crippen molar-refractivity contribution in [2.75, 3.05) is 6.61 Å². The second-order valence-corrected chi connectivity index (χ2v) is 4.96. The number of esters is 1. The maximum absolute atomic E-state index is 12.1. The molecule has 0 aliphatic rings. The van der Waals surface area contributed by atoms with Gasteiger partial charge in [0.15, 0.2) is 0 Å². The molecule has 0 fully saturated rings. The minimum absolute atomic E-state index is 0.330. The summed E-state index contributed by atoms with van der Waals surface area (Å²) in [6, 6.07) is 12.8. The van der Waals surface area contributed by atoms with Crippen LogP contribution in [0.25, 0.3) is 11.6 Å². The first-order chi connectivity index (χ1) is 9.74. The van der Waals surface area contributed by atoms with Gasteiger partial charge in [0.25, 0.3) is 0 Å². The second kappa shape index (κ2) is 6.69. The van der Waals surface area contributed by atoms with Gasteiger partial charge in [0.05, 0.1) is 23.8 Å². The highest BCUT2D eigenvalue weighted by Gasteiger charge is 2.13. The molecule has 0 aliphatic heterocycles. The smallest absolute Gasteiger partial charge is 0.338 e. The monoisotopic (exact) mass is 283 g/mol. The Labute approximate surface area is 121 Å². The molecule has 3 nitrogen and oxygen atoms in total. The Hall–Kier alpha value is -2.38. The van der Waals surface area contributed by atoms with Gasteiger partial charge in [-0.1, -0.05) is 18.2 Å². The Bertz CT molecular complexity index is 649. The van der Waals surface area contributed by atoms with E-state index in [1.807, 2.05) is 23.6 Å². The van der Waals surface area contributed by atoms with Crippen molar-refractivity contribution in [2.45, 2.75) is 6.92 Å². The van der Waals surface area contributed by atoms with Crippen LogP contribution in [0.3, 0.4) is 0 Å². The first-order valence-electron chi connectivity index (χ1n) is 6.17. The van der Waals surface area contributed by atoms with Gasteiger partial charge in [0.2, 0.25) is 0 Å². The number of carbonyl (C=O) groups is 1. The lowest BCUT2D eigenvalue weighted by Crippen LogP contribution is -2.06. The van der Waals surface area contributed by atoms with E-state index in [4.69, 9.17) is 10.00 Å². The molecule has 0 radical (unpaired) electrons. The summed E-state index contributed by atoms with van der Waals surface area (Å²) < 4.78 is 5.10. The molecular formula is C16H13NO2S. The zero-order valence-electron chi connectivity index (χ0n) is 11.0. The largest absolute Gasteiger partial charge is 0.462 e. The Balaban J connectivity index is 2.40. The van der Waals surface area contributed by atoms with Gasteiger partial charge in [-0.15, -0.1) is 11.3 Å². The van der Waals surface area contributed by atoms with E-state index in [1.54, 1.807) is 42.5 Å². The van der Waals surface area contributed by atoms with Gasteiger partial charge >= 0.3 is 5.97 Å². The molecule has 4 heteroatoms. The molecular weight excluding hydrogens is 270 g/mol. The summed E-state index contributed by atoms with van der Waals surface area (Å²) in [6.07, 6.45) is 1.81. The fraction of sp³-hybridized carbons (Fsp3) is 0.125. The average molecular weight is 283 g/mol. The van der Waals surface area contributed by atoms with Gasteiger partial charge < -0.3 is 4.74 Å². The summed E-state index contributed by atoms with van der Waals surface area (Å²) in [5.41, 5.74) is 1.81. The molecule has 0 amide bonds. The molecule has 2 rings (SSSR count). The Morgan fingerprint density at radius 2 is 2.10 bits per heavy atom. The third-order valence-corrected chi connectivity index (χ3v) is 3.47. The van der Waals surface area contributed by atoms with Crippen LogP contribution in [0, 0.1) is 11.3 Å². The van der Waals surface area contributed by atoms with Gasteiger partial charge in [-0.05, 0) is 42.1 Å². The van der Waals surface area contributed by atoms with Crippen molar-refractivity contribution in [3.8, 4) is 6.07 Å². The predicted octanol–water partition coefficient (Wildman–Crippen LogP) is 3.72.